The zero-order valence-electron chi connectivity index (χ0n) is 10.5. The van der Waals surface area contributed by atoms with Gasteiger partial charge in [-0.15, -0.1) is 0 Å². The van der Waals surface area contributed by atoms with Gasteiger partial charge in [0, 0.05) is 6.42 Å². The fourth-order valence-electron chi connectivity index (χ4n) is 1.79. The highest BCUT2D eigenvalue weighted by Gasteiger charge is 2.11. The van der Waals surface area contributed by atoms with E-state index in [4.69, 9.17) is 4.74 Å². The number of methoxy groups -OCH3 is 1. The van der Waals surface area contributed by atoms with Gasteiger partial charge >= 0.3 is 0 Å². The molecule has 0 amide bonds. The van der Waals surface area contributed by atoms with Crippen LogP contribution in [0.2, 0.25) is 0 Å². The number of ether oxygens (including phenoxy) is 1. The summed E-state index contributed by atoms with van der Waals surface area (Å²) in [6, 6.07) is 6.18. The summed E-state index contributed by atoms with van der Waals surface area (Å²) >= 11 is 0. The highest BCUT2D eigenvalue weighted by Crippen LogP contribution is 2.30. The van der Waals surface area contributed by atoms with E-state index in [-0.39, 0.29) is 5.92 Å². The van der Waals surface area contributed by atoms with Crippen LogP contribution in [-0.4, -0.2) is 13.4 Å². The van der Waals surface area contributed by atoms with E-state index in [1.165, 1.54) is 11.1 Å². The molecule has 1 aromatic rings. The summed E-state index contributed by atoms with van der Waals surface area (Å²) in [7, 11) is 1.69. The molecule has 2 heteroatoms. The first-order valence-electron chi connectivity index (χ1n) is 5.71. The van der Waals surface area contributed by atoms with Gasteiger partial charge < -0.3 is 9.53 Å². The Labute approximate surface area is 97.6 Å². The second-order valence-electron chi connectivity index (χ2n) is 4.46. The maximum atomic E-state index is 10.5. The molecule has 0 fully saturated rings. The van der Waals surface area contributed by atoms with Crippen LogP contribution in [0.25, 0.3) is 0 Å². The third kappa shape index (κ3) is 2.84. The molecule has 0 saturated carbocycles. The first kappa shape index (κ1) is 12.8. The van der Waals surface area contributed by atoms with Gasteiger partial charge in [0.2, 0.25) is 0 Å². The Morgan fingerprint density at radius 1 is 1.31 bits per heavy atom. The predicted molar refractivity (Wildman–Crippen MR) is 66.2 cm³/mol. The molecular weight excluding hydrogens is 200 g/mol. The molecule has 16 heavy (non-hydrogen) atoms. The van der Waals surface area contributed by atoms with Crippen molar-refractivity contribution in [1.29, 1.82) is 0 Å². The van der Waals surface area contributed by atoms with Crippen LogP contribution in [-0.2, 0) is 4.79 Å². The van der Waals surface area contributed by atoms with Crippen molar-refractivity contribution in [1.82, 2.24) is 0 Å². The number of carbonyl (C=O) groups is 1. The minimum Gasteiger partial charge on any atom is -0.496 e. The SMILES string of the molecule is COc1ccc(C(C)CC=O)cc1C(C)C. The third-order valence-corrected chi connectivity index (χ3v) is 2.89. The minimum absolute atomic E-state index is 0.279. The quantitative estimate of drug-likeness (QED) is 0.710. The summed E-state index contributed by atoms with van der Waals surface area (Å²) in [5, 5.41) is 0. The van der Waals surface area contributed by atoms with E-state index in [1.54, 1.807) is 7.11 Å². The van der Waals surface area contributed by atoms with Crippen molar-refractivity contribution in [2.75, 3.05) is 7.11 Å². The average molecular weight is 220 g/mol. The first-order chi connectivity index (χ1) is 7.60. The maximum absolute atomic E-state index is 10.5. The second-order valence-corrected chi connectivity index (χ2v) is 4.46. The standard InChI is InChI=1S/C14H20O2/c1-10(2)13-9-12(11(3)7-8-15)5-6-14(13)16-4/h5-6,8-11H,7H2,1-4H3. The van der Waals surface area contributed by atoms with E-state index < -0.39 is 0 Å². The van der Waals surface area contributed by atoms with E-state index in [0.29, 0.717) is 12.3 Å². The van der Waals surface area contributed by atoms with Gasteiger partial charge in [0.05, 0.1) is 7.11 Å². The molecule has 0 saturated heterocycles. The fraction of sp³-hybridized carbons (Fsp3) is 0.500. The Hall–Kier alpha value is -1.31. The van der Waals surface area contributed by atoms with Crippen LogP contribution >= 0.6 is 0 Å². The van der Waals surface area contributed by atoms with Gasteiger partial charge in [-0.05, 0) is 29.0 Å². The van der Waals surface area contributed by atoms with E-state index >= 15 is 0 Å². The number of aldehydes is 1. The Morgan fingerprint density at radius 2 is 2.00 bits per heavy atom. The van der Waals surface area contributed by atoms with Crippen molar-refractivity contribution in [2.45, 2.75) is 39.0 Å². The molecule has 88 valence electrons. The second kappa shape index (κ2) is 5.69. The number of carbonyl (C=O) groups excluding carboxylic acids is 1. The fourth-order valence-corrected chi connectivity index (χ4v) is 1.79. The average Bonchev–Trinajstić information content (AvgIpc) is 2.28. The molecule has 1 rings (SSSR count). The van der Waals surface area contributed by atoms with Crippen molar-refractivity contribution in [2.24, 2.45) is 0 Å². The normalized spacial score (nSPS) is 12.6. The van der Waals surface area contributed by atoms with Crippen molar-refractivity contribution in [3.63, 3.8) is 0 Å². The van der Waals surface area contributed by atoms with Gasteiger partial charge in [-0.1, -0.05) is 32.9 Å². The summed E-state index contributed by atoms with van der Waals surface area (Å²) in [6.45, 7) is 6.36. The summed E-state index contributed by atoms with van der Waals surface area (Å²) < 4.78 is 5.33. The van der Waals surface area contributed by atoms with E-state index in [0.717, 1.165) is 12.0 Å². The van der Waals surface area contributed by atoms with Crippen LogP contribution in [0.4, 0.5) is 0 Å². The molecule has 1 unspecified atom stereocenters. The molecule has 0 aliphatic carbocycles. The minimum atomic E-state index is 0.279. The Kier molecular flexibility index (Phi) is 4.53. The molecule has 0 N–H and O–H groups in total. The molecule has 0 aromatic heterocycles. The van der Waals surface area contributed by atoms with Crippen LogP contribution in [0.3, 0.4) is 0 Å². The van der Waals surface area contributed by atoms with Crippen LogP contribution in [0.1, 0.15) is 50.2 Å². The highest BCUT2D eigenvalue weighted by atomic mass is 16.5. The van der Waals surface area contributed by atoms with Gasteiger partial charge in [0.1, 0.15) is 12.0 Å². The van der Waals surface area contributed by atoms with Crippen LogP contribution in [0, 0.1) is 0 Å². The number of rotatable bonds is 5. The summed E-state index contributed by atoms with van der Waals surface area (Å²) in [6.07, 6.45) is 1.55. The van der Waals surface area contributed by atoms with E-state index in [1.807, 2.05) is 12.1 Å². The number of benzene rings is 1. The van der Waals surface area contributed by atoms with Gasteiger partial charge in [-0.25, -0.2) is 0 Å². The zero-order chi connectivity index (χ0) is 12.1. The molecule has 0 aliphatic rings. The molecular formula is C14H20O2. The summed E-state index contributed by atoms with van der Waals surface area (Å²) in [5.41, 5.74) is 2.41. The van der Waals surface area contributed by atoms with Crippen molar-refractivity contribution < 1.29 is 9.53 Å². The van der Waals surface area contributed by atoms with Gasteiger partial charge in [0.25, 0.3) is 0 Å². The first-order valence-corrected chi connectivity index (χ1v) is 5.71. The summed E-state index contributed by atoms with van der Waals surface area (Å²) in [4.78, 5) is 10.5. The Morgan fingerprint density at radius 3 is 2.50 bits per heavy atom. The van der Waals surface area contributed by atoms with Gasteiger partial charge in [0.15, 0.2) is 0 Å². The monoisotopic (exact) mass is 220 g/mol. The lowest BCUT2D eigenvalue weighted by Gasteiger charge is -2.16. The highest BCUT2D eigenvalue weighted by molar-refractivity contribution is 5.52. The topological polar surface area (TPSA) is 26.3 Å². The molecule has 0 aliphatic heterocycles. The molecule has 1 atom stereocenters. The number of hydrogen-bond acceptors (Lipinski definition) is 2. The van der Waals surface area contributed by atoms with E-state index in [9.17, 15) is 4.79 Å². The van der Waals surface area contributed by atoms with E-state index in [2.05, 4.69) is 26.8 Å². The molecule has 2 nitrogen and oxygen atoms in total. The largest absolute Gasteiger partial charge is 0.496 e. The molecule has 1 aromatic carbocycles. The Bertz CT molecular complexity index is 356. The number of hydrogen-bond donors (Lipinski definition) is 0. The summed E-state index contributed by atoms with van der Waals surface area (Å²) in [5.74, 6) is 1.64. The zero-order valence-corrected chi connectivity index (χ0v) is 10.5. The van der Waals surface area contributed by atoms with Crippen molar-refractivity contribution >= 4 is 6.29 Å². The maximum Gasteiger partial charge on any atom is 0.122 e. The molecule has 0 spiro atoms. The smallest absolute Gasteiger partial charge is 0.122 e. The van der Waals surface area contributed by atoms with Crippen LogP contribution in [0.5, 0.6) is 5.75 Å². The van der Waals surface area contributed by atoms with Crippen LogP contribution < -0.4 is 4.74 Å². The Balaban J connectivity index is 3.06. The van der Waals surface area contributed by atoms with Crippen molar-refractivity contribution in [3.8, 4) is 5.75 Å². The van der Waals surface area contributed by atoms with Gasteiger partial charge in [-0.2, -0.15) is 0 Å². The van der Waals surface area contributed by atoms with Crippen LogP contribution in [0.15, 0.2) is 18.2 Å². The lowest BCUT2D eigenvalue weighted by molar-refractivity contribution is -0.108. The lowest BCUT2D eigenvalue weighted by Crippen LogP contribution is -1.99. The molecule has 0 heterocycles. The molecule has 0 radical (unpaired) electrons. The predicted octanol–water partition coefficient (Wildman–Crippen LogP) is 3.51. The van der Waals surface area contributed by atoms with Crippen molar-refractivity contribution in [3.05, 3.63) is 29.3 Å². The molecule has 0 bridgehead atoms. The van der Waals surface area contributed by atoms with Gasteiger partial charge in [-0.3, -0.25) is 0 Å². The third-order valence-electron chi connectivity index (χ3n) is 2.89. The lowest BCUT2D eigenvalue weighted by atomic mass is 9.93.